The van der Waals surface area contributed by atoms with Crippen LogP contribution in [0, 0.1) is 0 Å². The Kier molecular flexibility index (Phi) is 5.71. The van der Waals surface area contributed by atoms with E-state index in [0.717, 1.165) is 48.5 Å². The Labute approximate surface area is 180 Å². The molecule has 2 unspecified atom stereocenters. The zero-order valence-electron chi connectivity index (χ0n) is 16.2. The smallest absolute Gasteiger partial charge is 0.315 e. The summed E-state index contributed by atoms with van der Waals surface area (Å²) in [5.41, 5.74) is -1.43. The van der Waals surface area contributed by atoms with Crippen LogP contribution in [0.15, 0.2) is 48.5 Å². The Morgan fingerprint density at radius 1 is 0.562 bits per heavy atom. The Hall–Kier alpha value is -4.60. The Morgan fingerprint density at radius 2 is 1.00 bits per heavy atom. The van der Waals surface area contributed by atoms with Crippen molar-refractivity contribution in [2.24, 2.45) is 0 Å². The molecule has 8 N–H and O–H groups in total. The molecule has 0 aliphatic heterocycles. The van der Waals surface area contributed by atoms with Crippen molar-refractivity contribution in [1.29, 1.82) is 0 Å². The first-order chi connectivity index (χ1) is 15.0. The molecule has 3 aromatic carbocycles. The second-order valence-corrected chi connectivity index (χ2v) is 6.96. The number of phenolic OH excluding ortho intramolecular Hbond substituents is 6. The van der Waals surface area contributed by atoms with Gasteiger partial charge < -0.3 is 40.9 Å². The highest BCUT2D eigenvalue weighted by atomic mass is 16.4. The van der Waals surface area contributed by atoms with E-state index < -0.39 is 52.3 Å². The molecule has 0 fully saturated rings. The Morgan fingerprint density at radius 3 is 1.44 bits per heavy atom. The second-order valence-electron chi connectivity index (χ2n) is 6.96. The molecule has 166 valence electrons. The van der Waals surface area contributed by atoms with E-state index in [0.29, 0.717) is 0 Å². The molecule has 10 nitrogen and oxygen atoms in total. The number of aromatic hydroxyl groups is 6. The van der Waals surface area contributed by atoms with Gasteiger partial charge in [0.15, 0.2) is 0 Å². The number of rotatable bonds is 6. The maximum absolute atomic E-state index is 12.0. The number of carbonyl (C=O) groups is 2. The largest absolute Gasteiger partial charge is 0.508 e. The van der Waals surface area contributed by atoms with E-state index in [2.05, 4.69) is 0 Å². The van der Waals surface area contributed by atoms with Crippen molar-refractivity contribution in [2.75, 3.05) is 0 Å². The highest BCUT2D eigenvalue weighted by Gasteiger charge is 2.35. The number of hydrogen-bond acceptors (Lipinski definition) is 8. The number of carboxylic acid groups (broad SMARTS) is 2. The lowest BCUT2D eigenvalue weighted by Crippen LogP contribution is -2.17. The third-order valence-corrected chi connectivity index (χ3v) is 4.97. The molecule has 0 amide bonds. The van der Waals surface area contributed by atoms with Crippen molar-refractivity contribution in [2.45, 2.75) is 11.8 Å². The lowest BCUT2D eigenvalue weighted by molar-refractivity contribution is -0.138. The van der Waals surface area contributed by atoms with Gasteiger partial charge >= 0.3 is 11.9 Å². The molecule has 3 aromatic rings. The number of carboxylic acids is 2. The van der Waals surface area contributed by atoms with Crippen LogP contribution in [0.3, 0.4) is 0 Å². The maximum atomic E-state index is 12.0. The Balaban J connectivity index is 2.27. The van der Waals surface area contributed by atoms with Gasteiger partial charge in [0.05, 0.1) is 5.56 Å². The molecule has 0 bridgehead atoms. The van der Waals surface area contributed by atoms with Crippen LogP contribution in [0.2, 0.25) is 0 Å². The standard InChI is InChI=1S/C22H18O10/c23-9-1-3-11(15(26)7-9)17(21(29)30)13-5-6-14(25)19(20(13)28)18(22(31)32)12-4-2-10(24)8-16(12)27/h1-8,17-18,23-28H,(H,29,30)(H,31,32). The summed E-state index contributed by atoms with van der Waals surface area (Å²) in [6, 6.07) is 8.22. The second kappa shape index (κ2) is 8.26. The predicted octanol–water partition coefficient (Wildman–Crippen LogP) is 2.35. The summed E-state index contributed by atoms with van der Waals surface area (Å²) in [4.78, 5) is 24.1. The fourth-order valence-electron chi connectivity index (χ4n) is 3.53. The minimum atomic E-state index is -1.83. The minimum Gasteiger partial charge on any atom is -0.508 e. The number of aliphatic carboxylic acids is 2. The first-order valence-corrected chi connectivity index (χ1v) is 9.07. The van der Waals surface area contributed by atoms with Gasteiger partial charge in [-0.3, -0.25) is 9.59 Å². The fourth-order valence-corrected chi connectivity index (χ4v) is 3.53. The van der Waals surface area contributed by atoms with E-state index >= 15 is 0 Å². The highest BCUT2D eigenvalue weighted by molar-refractivity contribution is 5.87. The minimum absolute atomic E-state index is 0.207. The zero-order valence-corrected chi connectivity index (χ0v) is 16.2. The van der Waals surface area contributed by atoms with Gasteiger partial charge in [0.1, 0.15) is 46.3 Å². The highest BCUT2D eigenvalue weighted by Crippen LogP contribution is 2.46. The lowest BCUT2D eigenvalue weighted by atomic mass is 9.83. The van der Waals surface area contributed by atoms with Crippen LogP contribution >= 0.6 is 0 Å². The average Bonchev–Trinajstić information content (AvgIpc) is 2.69. The van der Waals surface area contributed by atoms with E-state index in [9.17, 15) is 50.4 Å². The van der Waals surface area contributed by atoms with Gasteiger partial charge in [0.2, 0.25) is 0 Å². The van der Waals surface area contributed by atoms with E-state index in [1.165, 1.54) is 0 Å². The normalized spacial score (nSPS) is 12.8. The van der Waals surface area contributed by atoms with Gasteiger partial charge in [0, 0.05) is 28.8 Å². The van der Waals surface area contributed by atoms with Crippen LogP contribution in [0.5, 0.6) is 34.5 Å². The van der Waals surface area contributed by atoms with Crippen molar-refractivity contribution >= 4 is 11.9 Å². The van der Waals surface area contributed by atoms with E-state index in [1.54, 1.807) is 0 Å². The molecule has 0 saturated heterocycles. The third kappa shape index (κ3) is 3.88. The van der Waals surface area contributed by atoms with Gasteiger partial charge in [-0.05, 0) is 18.2 Å². The summed E-state index contributed by atoms with van der Waals surface area (Å²) in [7, 11) is 0. The molecule has 0 heterocycles. The van der Waals surface area contributed by atoms with Gasteiger partial charge in [-0.25, -0.2) is 0 Å². The maximum Gasteiger partial charge on any atom is 0.315 e. The number of phenols is 6. The summed E-state index contributed by atoms with van der Waals surface area (Å²) < 4.78 is 0. The van der Waals surface area contributed by atoms with Crippen LogP contribution in [-0.2, 0) is 9.59 Å². The molecule has 0 spiro atoms. The summed E-state index contributed by atoms with van der Waals surface area (Å²) in [5, 5.41) is 79.9. The molecule has 0 aliphatic carbocycles. The summed E-state index contributed by atoms with van der Waals surface area (Å²) in [5.74, 6) is -10.1. The summed E-state index contributed by atoms with van der Waals surface area (Å²) in [6.45, 7) is 0. The van der Waals surface area contributed by atoms with Crippen molar-refractivity contribution in [3.8, 4) is 34.5 Å². The van der Waals surface area contributed by atoms with E-state index in [1.807, 2.05) is 0 Å². The first-order valence-electron chi connectivity index (χ1n) is 9.07. The molecule has 10 heteroatoms. The lowest BCUT2D eigenvalue weighted by Gasteiger charge is -2.22. The predicted molar refractivity (Wildman–Crippen MR) is 108 cm³/mol. The molecule has 0 aromatic heterocycles. The molecular formula is C22H18O10. The van der Waals surface area contributed by atoms with Crippen molar-refractivity contribution < 1.29 is 50.4 Å². The number of benzene rings is 3. The van der Waals surface area contributed by atoms with E-state index in [4.69, 9.17) is 0 Å². The van der Waals surface area contributed by atoms with Crippen molar-refractivity contribution in [3.05, 3.63) is 70.8 Å². The van der Waals surface area contributed by atoms with Gasteiger partial charge in [0.25, 0.3) is 0 Å². The topological polar surface area (TPSA) is 196 Å². The molecule has 0 saturated carbocycles. The van der Waals surface area contributed by atoms with Gasteiger partial charge in [-0.15, -0.1) is 0 Å². The van der Waals surface area contributed by atoms with Crippen LogP contribution in [0.4, 0.5) is 0 Å². The molecule has 0 radical (unpaired) electrons. The number of hydrogen-bond donors (Lipinski definition) is 8. The molecule has 32 heavy (non-hydrogen) atoms. The van der Waals surface area contributed by atoms with Crippen molar-refractivity contribution in [3.63, 3.8) is 0 Å². The van der Waals surface area contributed by atoms with Crippen molar-refractivity contribution in [1.82, 2.24) is 0 Å². The monoisotopic (exact) mass is 442 g/mol. The first kappa shape index (κ1) is 22.1. The SMILES string of the molecule is O=C(O)C(c1ccc(O)cc1O)c1ccc(O)c(C(C(=O)O)c2ccc(O)cc2O)c1O. The molecular weight excluding hydrogens is 424 g/mol. The summed E-state index contributed by atoms with van der Waals surface area (Å²) in [6.07, 6.45) is 0. The molecule has 0 aliphatic rings. The third-order valence-electron chi connectivity index (χ3n) is 4.97. The van der Waals surface area contributed by atoms with Gasteiger partial charge in [-0.2, -0.15) is 0 Å². The van der Waals surface area contributed by atoms with Gasteiger partial charge in [-0.1, -0.05) is 18.2 Å². The molecule has 3 rings (SSSR count). The van der Waals surface area contributed by atoms with Crippen LogP contribution in [0.25, 0.3) is 0 Å². The molecule has 2 atom stereocenters. The zero-order chi connectivity index (χ0) is 23.7. The fraction of sp³-hybridized carbons (Fsp3) is 0.0909. The van der Waals surface area contributed by atoms with Crippen LogP contribution < -0.4 is 0 Å². The van der Waals surface area contributed by atoms with E-state index in [-0.39, 0.29) is 28.2 Å². The van der Waals surface area contributed by atoms with Crippen LogP contribution in [-0.4, -0.2) is 52.8 Å². The Bertz CT molecular complexity index is 1220. The quantitative estimate of drug-likeness (QED) is 0.280. The average molecular weight is 442 g/mol. The summed E-state index contributed by atoms with van der Waals surface area (Å²) >= 11 is 0. The van der Waals surface area contributed by atoms with Crippen LogP contribution in [0.1, 0.15) is 34.1 Å².